The van der Waals surface area contributed by atoms with E-state index in [4.69, 9.17) is 16.3 Å². The van der Waals surface area contributed by atoms with Gasteiger partial charge in [-0.1, -0.05) is 23.7 Å². The lowest BCUT2D eigenvalue weighted by atomic mass is 10.2. The largest absolute Gasteiger partial charge is 0.504 e. The number of hydrazone groups is 1. The number of imidazole rings is 1. The van der Waals surface area contributed by atoms with Crippen LogP contribution in [0.25, 0.3) is 22.4 Å². The van der Waals surface area contributed by atoms with Crippen LogP contribution in [0.3, 0.4) is 0 Å². The van der Waals surface area contributed by atoms with Crippen molar-refractivity contribution in [2.75, 3.05) is 7.11 Å². The van der Waals surface area contributed by atoms with Crippen molar-refractivity contribution in [2.24, 2.45) is 5.10 Å². The fourth-order valence-electron chi connectivity index (χ4n) is 2.95. The van der Waals surface area contributed by atoms with Gasteiger partial charge in [-0.25, -0.2) is 10.4 Å². The topological polar surface area (TPSA) is 99.6 Å². The summed E-state index contributed by atoms with van der Waals surface area (Å²) in [6.07, 6.45) is 1.43. The van der Waals surface area contributed by atoms with Crippen LogP contribution in [0.4, 0.5) is 0 Å². The van der Waals surface area contributed by atoms with Crippen LogP contribution in [0.5, 0.6) is 11.5 Å². The highest BCUT2D eigenvalue weighted by Crippen LogP contribution is 2.27. The van der Waals surface area contributed by atoms with Gasteiger partial charge >= 0.3 is 0 Å². The maximum absolute atomic E-state index is 12.4. The van der Waals surface area contributed by atoms with Gasteiger partial charge in [0, 0.05) is 11.1 Å². The number of aromatic hydroxyl groups is 1. The number of fused-ring (bicyclic) bond motifs is 1. The monoisotopic (exact) mass is 420 g/mol. The summed E-state index contributed by atoms with van der Waals surface area (Å²) in [7, 11) is 1.47. The first-order valence-corrected chi connectivity index (χ1v) is 9.38. The number of H-pyrrole nitrogens is 1. The summed E-state index contributed by atoms with van der Waals surface area (Å²) in [5.41, 5.74) is 5.72. The van der Waals surface area contributed by atoms with E-state index in [0.717, 1.165) is 11.1 Å². The number of ether oxygens (including phenoxy) is 1. The molecule has 3 N–H and O–H groups in total. The van der Waals surface area contributed by atoms with Gasteiger partial charge in [0.15, 0.2) is 11.5 Å². The van der Waals surface area contributed by atoms with E-state index in [1.54, 1.807) is 36.4 Å². The van der Waals surface area contributed by atoms with Crippen molar-refractivity contribution in [3.63, 3.8) is 0 Å². The molecule has 0 aliphatic carbocycles. The van der Waals surface area contributed by atoms with E-state index in [-0.39, 0.29) is 11.7 Å². The third-order valence-corrected chi connectivity index (χ3v) is 4.79. The van der Waals surface area contributed by atoms with Crippen LogP contribution in [0.1, 0.15) is 15.9 Å². The zero-order chi connectivity index (χ0) is 21.1. The molecule has 0 bridgehead atoms. The molecule has 0 atom stereocenters. The zero-order valence-electron chi connectivity index (χ0n) is 15.9. The maximum atomic E-state index is 12.4. The fraction of sp³-hybridized carbons (Fsp3) is 0.0455. The van der Waals surface area contributed by atoms with Crippen LogP contribution < -0.4 is 10.2 Å². The first kappa shape index (κ1) is 19.5. The number of hydrogen-bond acceptors (Lipinski definition) is 5. The molecule has 30 heavy (non-hydrogen) atoms. The standard InChI is InChI=1S/C22H17ClN4O3/c1-30-20-9-6-13(10-19(20)28)12-24-27-22(29)14-7-8-17-18(11-14)26-21(25-17)15-4-2-3-5-16(15)23/h2-12,28H,1H3,(H,25,26)(H,27,29)/b24-12+. The summed E-state index contributed by atoms with van der Waals surface area (Å²) >= 11 is 6.24. The molecule has 4 aromatic rings. The predicted octanol–water partition coefficient (Wildman–Crippen LogP) is 4.36. The highest BCUT2D eigenvalue weighted by molar-refractivity contribution is 6.33. The van der Waals surface area contributed by atoms with Crippen LogP contribution >= 0.6 is 11.6 Å². The number of nitrogens with zero attached hydrogens (tertiary/aromatic N) is 2. The Morgan fingerprint density at radius 2 is 2.03 bits per heavy atom. The van der Waals surface area contributed by atoms with Crippen LogP contribution in [-0.4, -0.2) is 34.3 Å². The van der Waals surface area contributed by atoms with E-state index in [1.807, 2.05) is 18.2 Å². The minimum atomic E-state index is -0.375. The predicted molar refractivity (Wildman–Crippen MR) is 116 cm³/mol. The van der Waals surface area contributed by atoms with Gasteiger partial charge in [-0.15, -0.1) is 0 Å². The third-order valence-electron chi connectivity index (χ3n) is 4.46. The van der Waals surface area contributed by atoms with Crippen molar-refractivity contribution in [3.8, 4) is 22.9 Å². The fourth-order valence-corrected chi connectivity index (χ4v) is 3.17. The molecule has 0 saturated carbocycles. The summed E-state index contributed by atoms with van der Waals surface area (Å²) < 4.78 is 4.99. The number of halogens is 1. The summed E-state index contributed by atoms with van der Waals surface area (Å²) in [6, 6.07) is 17.3. The van der Waals surface area contributed by atoms with Crippen LogP contribution in [-0.2, 0) is 0 Å². The Kier molecular flexibility index (Phi) is 5.36. The van der Waals surface area contributed by atoms with Crippen molar-refractivity contribution >= 4 is 34.8 Å². The van der Waals surface area contributed by atoms with Crippen molar-refractivity contribution in [3.05, 3.63) is 76.8 Å². The van der Waals surface area contributed by atoms with Gasteiger partial charge in [0.2, 0.25) is 0 Å². The van der Waals surface area contributed by atoms with Gasteiger partial charge in [0.1, 0.15) is 5.82 Å². The normalized spacial score (nSPS) is 11.1. The average molecular weight is 421 g/mol. The number of carbonyl (C=O) groups is 1. The number of benzene rings is 3. The van der Waals surface area contributed by atoms with Crippen LogP contribution in [0, 0.1) is 0 Å². The molecule has 8 heteroatoms. The van der Waals surface area contributed by atoms with Crippen LogP contribution in [0.15, 0.2) is 65.8 Å². The lowest BCUT2D eigenvalue weighted by molar-refractivity contribution is 0.0955. The van der Waals surface area contributed by atoms with Gasteiger partial charge in [-0.05, 0) is 54.1 Å². The van der Waals surface area contributed by atoms with Gasteiger partial charge in [0.25, 0.3) is 5.91 Å². The Hall–Kier alpha value is -3.84. The van der Waals surface area contributed by atoms with Gasteiger partial charge < -0.3 is 14.8 Å². The van der Waals surface area contributed by atoms with Gasteiger partial charge in [-0.2, -0.15) is 5.10 Å². The molecule has 0 fully saturated rings. The molecule has 0 unspecified atom stereocenters. The number of phenolic OH excluding ortho intramolecular Hbond substituents is 1. The minimum Gasteiger partial charge on any atom is -0.504 e. The Labute approximate surface area is 177 Å². The van der Waals surface area contributed by atoms with E-state index in [9.17, 15) is 9.90 Å². The van der Waals surface area contributed by atoms with E-state index >= 15 is 0 Å². The number of amides is 1. The molecular formula is C22H17ClN4O3. The maximum Gasteiger partial charge on any atom is 0.271 e. The summed E-state index contributed by atoms with van der Waals surface area (Å²) in [5.74, 6) is 0.609. The second-order valence-electron chi connectivity index (χ2n) is 6.43. The number of phenols is 1. The smallest absolute Gasteiger partial charge is 0.271 e. The summed E-state index contributed by atoms with van der Waals surface area (Å²) in [6.45, 7) is 0. The Balaban J connectivity index is 1.51. The second kappa shape index (κ2) is 8.26. The molecule has 0 radical (unpaired) electrons. The molecule has 7 nitrogen and oxygen atoms in total. The Bertz CT molecular complexity index is 1270. The summed E-state index contributed by atoms with van der Waals surface area (Å²) in [5, 5.41) is 14.3. The second-order valence-corrected chi connectivity index (χ2v) is 6.83. The molecule has 4 rings (SSSR count). The zero-order valence-corrected chi connectivity index (χ0v) is 16.6. The van der Waals surface area contributed by atoms with Gasteiger partial charge in [-0.3, -0.25) is 4.79 Å². The van der Waals surface area contributed by atoms with E-state index < -0.39 is 0 Å². The first-order valence-electron chi connectivity index (χ1n) is 9.00. The average Bonchev–Trinajstić information content (AvgIpc) is 3.17. The minimum absolute atomic E-state index is 0.00760. The number of methoxy groups -OCH3 is 1. The number of aromatic amines is 1. The lowest BCUT2D eigenvalue weighted by Gasteiger charge is -2.03. The highest BCUT2D eigenvalue weighted by Gasteiger charge is 2.11. The van der Waals surface area contributed by atoms with Crippen molar-refractivity contribution in [1.29, 1.82) is 0 Å². The lowest BCUT2D eigenvalue weighted by Crippen LogP contribution is -2.17. The molecule has 1 aromatic heterocycles. The van der Waals surface area contributed by atoms with Gasteiger partial charge in [0.05, 0.1) is 29.4 Å². The molecule has 0 saturated heterocycles. The summed E-state index contributed by atoms with van der Waals surface area (Å²) in [4.78, 5) is 20.2. The number of aromatic nitrogens is 2. The number of hydrogen-bond donors (Lipinski definition) is 3. The number of carbonyl (C=O) groups excluding carboxylic acids is 1. The molecule has 0 aliphatic rings. The molecule has 150 valence electrons. The van der Waals surface area contributed by atoms with Crippen molar-refractivity contribution in [2.45, 2.75) is 0 Å². The number of rotatable bonds is 5. The molecule has 0 spiro atoms. The molecule has 1 heterocycles. The van der Waals surface area contributed by atoms with Crippen molar-refractivity contribution < 1.29 is 14.6 Å². The molecule has 3 aromatic carbocycles. The van der Waals surface area contributed by atoms with Crippen LogP contribution in [0.2, 0.25) is 5.02 Å². The van der Waals surface area contributed by atoms with E-state index in [0.29, 0.717) is 33.2 Å². The molecular weight excluding hydrogens is 404 g/mol. The third kappa shape index (κ3) is 3.97. The molecule has 0 aliphatic heterocycles. The quantitative estimate of drug-likeness (QED) is 0.330. The Morgan fingerprint density at radius 1 is 1.20 bits per heavy atom. The van der Waals surface area contributed by atoms with E-state index in [2.05, 4.69) is 20.5 Å². The molecule has 1 amide bonds. The SMILES string of the molecule is COc1ccc(/C=N/NC(=O)c2ccc3nc(-c4ccccc4Cl)[nH]c3c2)cc1O. The van der Waals surface area contributed by atoms with Crippen molar-refractivity contribution in [1.82, 2.24) is 15.4 Å². The Morgan fingerprint density at radius 3 is 2.80 bits per heavy atom. The van der Waals surface area contributed by atoms with E-state index in [1.165, 1.54) is 19.4 Å². The first-order chi connectivity index (χ1) is 14.5. The highest BCUT2D eigenvalue weighted by atomic mass is 35.5. The number of nitrogens with one attached hydrogen (secondary N) is 2.